The van der Waals surface area contributed by atoms with E-state index in [0.717, 1.165) is 30.0 Å². The van der Waals surface area contributed by atoms with Crippen LogP contribution in [0.25, 0.3) is 0 Å². The molecule has 1 amide bonds. The normalized spacial score (nSPS) is 12.9. The molecule has 0 bridgehead atoms. The van der Waals surface area contributed by atoms with E-state index in [-0.39, 0.29) is 11.8 Å². The van der Waals surface area contributed by atoms with Gasteiger partial charge in [-0.1, -0.05) is 18.2 Å². The van der Waals surface area contributed by atoms with Gasteiger partial charge in [0.2, 0.25) is 5.95 Å². The molecule has 11 heteroatoms. The van der Waals surface area contributed by atoms with Gasteiger partial charge < -0.3 is 29.2 Å². The van der Waals surface area contributed by atoms with Gasteiger partial charge in [0.15, 0.2) is 0 Å². The monoisotopic (exact) mass is 556 g/mol. The number of morpholine rings is 1. The fourth-order valence-electron chi connectivity index (χ4n) is 4.48. The molecule has 3 heterocycles. The molecule has 1 fully saturated rings. The van der Waals surface area contributed by atoms with E-state index in [2.05, 4.69) is 25.2 Å². The van der Waals surface area contributed by atoms with Crippen molar-refractivity contribution in [1.82, 2.24) is 15.0 Å². The second-order valence-electron chi connectivity index (χ2n) is 9.33. The van der Waals surface area contributed by atoms with Crippen LogP contribution in [-0.2, 0) is 4.74 Å². The molecule has 2 aromatic carbocycles. The van der Waals surface area contributed by atoms with Gasteiger partial charge in [-0.25, -0.2) is 19.7 Å². The van der Waals surface area contributed by atoms with Crippen molar-refractivity contribution < 1.29 is 23.7 Å². The SMILES string of the molecule is COc1ccc(N(C(=O)Oc2c(C)cccc2C)c2ccnc(Nc3ccc(N4CCOCC4)nc3)n2)c(OC)c1. The number of aryl methyl sites for hydroxylation is 2. The second-order valence-corrected chi connectivity index (χ2v) is 9.33. The number of amides is 1. The molecule has 2 aromatic heterocycles. The molecule has 5 rings (SSSR count). The van der Waals surface area contributed by atoms with Crippen LogP contribution in [0.4, 0.5) is 33.8 Å². The Balaban J connectivity index is 1.46. The third kappa shape index (κ3) is 6.30. The molecule has 1 aliphatic heterocycles. The van der Waals surface area contributed by atoms with Crippen molar-refractivity contribution in [1.29, 1.82) is 0 Å². The van der Waals surface area contributed by atoms with Crippen LogP contribution in [0.15, 0.2) is 67.0 Å². The summed E-state index contributed by atoms with van der Waals surface area (Å²) < 4.78 is 22.3. The molecule has 1 saturated heterocycles. The molecule has 1 aliphatic rings. The Morgan fingerprint density at radius 3 is 2.44 bits per heavy atom. The minimum Gasteiger partial charge on any atom is -0.497 e. The zero-order valence-corrected chi connectivity index (χ0v) is 23.5. The van der Waals surface area contributed by atoms with Crippen molar-refractivity contribution in [2.45, 2.75) is 13.8 Å². The Hall–Kier alpha value is -4.90. The number of rotatable bonds is 8. The summed E-state index contributed by atoms with van der Waals surface area (Å²) in [4.78, 5) is 30.9. The highest BCUT2D eigenvalue weighted by molar-refractivity contribution is 5.98. The quantitative estimate of drug-likeness (QED) is 0.302. The molecule has 11 nitrogen and oxygen atoms in total. The van der Waals surface area contributed by atoms with Crippen LogP contribution in [0.2, 0.25) is 0 Å². The number of benzene rings is 2. The molecule has 0 unspecified atom stereocenters. The number of ether oxygens (including phenoxy) is 4. The molecule has 41 heavy (non-hydrogen) atoms. The Bertz CT molecular complexity index is 1490. The first-order valence-corrected chi connectivity index (χ1v) is 13.2. The zero-order chi connectivity index (χ0) is 28.8. The number of pyridine rings is 1. The Morgan fingerprint density at radius 1 is 0.976 bits per heavy atom. The number of hydrogen-bond donors (Lipinski definition) is 1. The Kier molecular flexibility index (Phi) is 8.44. The molecule has 0 atom stereocenters. The molecular formula is C30H32N6O5. The van der Waals surface area contributed by atoms with E-state index in [0.29, 0.717) is 41.8 Å². The fourth-order valence-corrected chi connectivity index (χ4v) is 4.48. The predicted octanol–water partition coefficient (Wildman–Crippen LogP) is 5.42. The van der Waals surface area contributed by atoms with Crippen LogP contribution >= 0.6 is 0 Å². The number of carbonyl (C=O) groups is 1. The van der Waals surface area contributed by atoms with Gasteiger partial charge in [0.1, 0.15) is 28.9 Å². The number of nitrogens with zero attached hydrogens (tertiary/aromatic N) is 5. The molecule has 0 aliphatic carbocycles. The molecule has 212 valence electrons. The van der Waals surface area contributed by atoms with E-state index in [4.69, 9.17) is 18.9 Å². The van der Waals surface area contributed by atoms with Gasteiger partial charge in [0, 0.05) is 31.4 Å². The highest BCUT2D eigenvalue weighted by atomic mass is 16.6. The Labute approximate surface area is 238 Å². The summed E-state index contributed by atoms with van der Waals surface area (Å²) in [5.41, 5.74) is 2.78. The largest absolute Gasteiger partial charge is 0.497 e. The van der Waals surface area contributed by atoms with Crippen molar-refractivity contribution >= 4 is 35.1 Å². The summed E-state index contributed by atoms with van der Waals surface area (Å²) in [6, 6.07) is 16.3. The number of methoxy groups -OCH3 is 2. The van der Waals surface area contributed by atoms with Crippen LogP contribution < -0.4 is 29.3 Å². The van der Waals surface area contributed by atoms with Gasteiger partial charge in [-0.3, -0.25) is 0 Å². The minimum absolute atomic E-state index is 0.278. The van der Waals surface area contributed by atoms with E-state index in [1.807, 2.05) is 44.2 Å². The lowest BCUT2D eigenvalue weighted by molar-refractivity contribution is 0.122. The zero-order valence-electron chi connectivity index (χ0n) is 23.5. The van der Waals surface area contributed by atoms with Gasteiger partial charge in [-0.15, -0.1) is 0 Å². The van der Waals surface area contributed by atoms with E-state index >= 15 is 0 Å². The summed E-state index contributed by atoms with van der Waals surface area (Å²) in [6.45, 7) is 6.74. The number of para-hydroxylation sites is 1. The molecule has 0 saturated carbocycles. The lowest BCUT2D eigenvalue weighted by atomic mass is 10.1. The second kappa shape index (κ2) is 12.5. The van der Waals surface area contributed by atoms with Gasteiger partial charge in [0.05, 0.1) is 45.0 Å². The number of nitrogens with one attached hydrogen (secondary N) is 1. The maximum absolute atomic E-state index is 13.8. The summed E-state index contributed by atoms with van der Waals surface area (Å²) >= 11 is 0. The first kappa shape index (κ1) is 27.7. The van der Waals surface area contributed by atoms with Crippen LogP contribution in [0.3, 0.4) is 0 Å². The van der Waals surface area contributed by atoms with Crippen molar-refractivity contribution in [3.63, 3.8) is 0 Å². The summed E-state index contributed by atoms with van der Waals surface area (Å²) in [6.07, 6.45) is 2.63. The van der Waals surface area contributed by atoms with Crippen molar-refractivity contribution in [3.05, 3.63) is 78.1 Å². The van der Waals surface area contributed by atoms with Gasteiger partial charge in [-0.05, 0) is 49.2 Å². The summed E-state index contributed by atoms with van der Waals surface area (Å²) in [5, 5.41) is 3.18. The third-order valence-corrected chi connectivity index (χ3v) is 6.62. The van der Waals surface area contributed by atoms with E-state index in [1.54, 1.807) is 43.8 Å². The topological polar surface area (TPSA) is 111 Å². The number of hydrogen-bond acceptors (Lipinski definition) is 10. The molecule has 4 aromatic rings. The van der Waals surface area contributed by atoms with Crippen LogP contribution in [0.5, 0.6) is 17.2 Å². The standard InChI is InChI=1S/C30H32N6O5/c1-20-6-5-7-21(2)28(20)41-30(37)36(24-10-9-23(38-3)18-25(24)39-4)27-12-13-31-29(34-27)33-22-8-11-26(32-19-22)35-14-16-40-17-15-35/h5-13,18-19H,14-17H2,1-4H3,(H,31,33,34). The van der Waals surface area contributed by atoms with E-state index in [9.17, 15) is 4.79 Å². The molecule has 0 spiro atoms. The average Bonchev–Trinajstić information content (AvgIpc) is 3.00. The summed E-state index contributed by atoms with van der Waals surface area (Å²) in [5.74, 6) is 2.89. The van der Waals surface area contributed by atoms with Crippen LogP contribution in [-0.4, -0.2) is 61.6 Å². The Morgan fingerprint density at radius 2 is 1.76 bits per heavy atom. The fraction of sp³-hybridized carbons (Fsp3) is 0.267. The number of carbonyl (C=O) groups excluding carboxylic acids is 1. The van der Waals surface area contributed by atoms with Crippen molar-refractivity contribution in [2.75, 3.05) is 55.6 Å². The first-order valence-electron chi connectivity index (χ1n) is 13.2. The highest BCUT2D eigenvalue weighted by Crippen LogP contribution is 2.37. The minimum atomic E-state index is -0.660. The molecule has 0 radical (unpaired) electrons. The maximum Gasteiger partial charge on any atom is 0.425 e. The third-order valence-electron chi connectivity index (χ3n) is 6.62. The molecular weight excluding hydrogens is 524 g/mol. The summed E-state index contributed by atoms with van der Waals surface area (Å²) in [7, 11) is 3.08. The van der Waals surface area contributed by atoms with Crippen molar-refractivity contribution in [2.24, 2.45) is 0 Å². The first-order chi connectivity index (χ1) is 20.0. The number of anilines is 5. The number of aromatic nitrogens is 3. The predicted molar refractivity (Wildman–Crippen MR) is 156 cm³/mol. The van der Waals surface area contributed by atoms with E-state index in [1.165, 1.54) is 12.0 Å². The van der Waals surface area contributed by atoms with Crippen molar-refractivity contribution in [3.8, 4) is 17.2 Å². The lowest BCUT2D eigenvalue weighted by Gasteiger charge is -2.27. The van der Waals surface area contributed by atoms with Crippen LogP contribution in [0.1, 0.15) is 11.1 Å². The van der Waals surface area contributed by atoms with Gasteiger partial charge in [0.25, 0.3) is 0 Å². The van der Waals surface area contributed by atoms with Gasteiger partial charge in [-0.2, -0.15) is 4.98 Å². The highest BCUT2D eigenvalue weighted by Gasteiger charge is 2.27. The lowest BCUT2D eigenvalue weighted by Crippen LogP contribution is -2.36. The maximum atomic E-state index is 13.8. The van der Waals surface area contributed by atoms with Crippen LogP contribution in [0, 0.1) is 13.8 Å². The smallest absolute Gasteiger partial charge is 0.425 e. The average molecular weight is 557 g/mol. The van der Waals surface area contributed by atoms with Gasteiger partial charge >= 0.3 is 6.09 Å². The van der Waals surface area contributed by atoms with E-state index < -0.39 is 6.09 Å². The molecule has 1 N–H and O–H groups in total.